The minimum Gasteiger partial charge on any atom is -0.486 e. The first-order valence-electron chi connectivity index (χ1n) is 10.3. The number of fused-ring (bicyclic) bond motifs is 3. The summed E-state index contributed by atoms with van der Waals surface area (Å²) in [4.78, 5) is 26.3. The van der Waals surface area contributed by atoms with E-state index in [1.807, 2.05) is 6.92 Å². The molecule has 1 fully saturated rings. The number of imide groups is 1. The van der Waals surface area contributed by atoms with Gasteiger partial charge in [-0.3, -0.25) is 15.0 Å². The SMILES string of the molecule is CCNC(=O)NC(=O)CN1CC2(CCCC2)c2cc3c(cc2C1C)OCCO3. The smallest absolute Gasteiger partial charge is 0.321 e. The Bertz CT molecular complexity index is 773. The van der Waals surface area contributed by atoms with Gasteiger partial charge in [-0.25, -0.2) is 4.79 Å². The maximum absolute atomic E-state index is 12.4. The van der Waals surface area contributed by atoms with Crippen molar-refractivity contribution in [2.75, 3.05) is 32.8 Å². The standard InChI is InChI=1S/C21H29N3O4/c1-3-22-20(26)23-19(25)12-24-13-21(6-4-5-7-21)16-11-18-17(27-8-9-28-18)10-15(16)14(24)2/h10-11,14H,3-9,12-13H2,1-2H3,(H2,22,23,25,26). The molecule has 1 unspecified atom stereocenters. The topological polar surface area (TPSA) is 79.9 Å². The molecule has 3 amide bonds. The molecular formula is C21H29N3O4. The molecule has 1 aliphatic carbocycles. The lowest BCUT2D eigenvalue weighted by Crippen LogP contribution is -2.51. The second kappa shape index (κ2) is 7.62. The summed E-state index contributed by atoms with van der Waals surface area (Å²) in [5, 5.41) is 5.03. The lowest BCUT2D eigenvalue weighted by Gasteiger charge is -2.46. The predicted molar refractivity (Wildman–Crippen MR) is 105 cm³/mol. The number of urea groups is 1. The molecule has 7 heteroatoms. The summed E-state index contributed by atoms with van der Waals surface area (Å²) in [6, 6.07) is 3.91. The van der Waals surface area contributed by atoms with Crippen molar-refractivity contribution in [2.45, 2.75) is 51.0 Å². The molecule has 1 aromatic rings. The van der Waals surface area contributed by atoms with E-state index in [1.54, 1.807) is 0 Å². The molecule has 152 valence electrons. The number of rotatable bonds is 3. The number of amides is 3. The van der Waals surface area contributed by atoms with Gasteiger partial charge in [0.05, 0.1) is 6.54 Å². The summed E-state index contributed by atoms with van der Waals surface area (Å²) in [7, 11) is 0. The second-order valence-corrected chi connectivity index (χ2v) is 8.06. The Morgan fingerprint density at radius 1 is 1.18 bits per heavy atom. The van der Waals surface area contributed by atoms with Gasteiger partial charge in [0, 0.05) is 24.5 Å². The van der Waals surface area contributed by atoms with Crippen LogP contribution in [0.3, 0.4) is 0 Å². The normalized spacial score (nSPS) is 22.6. The minimum absolute atomic E-state index is 0.0453. The van der Waals surface area contributed by atoms with E-state index in [2.05, 4.69) is 34.6 Å². The van der Waals surface area contributed by atoms with Gasteiger partial charge < -0.3 is 14.8 Å². The van der Waals surface area contributed by atoms with Gasteiger partial charge in [-0.2, -0.15) is 0 Å². The molecule has 1 saturated carbocycles. The van der Waals surface area contributed by atoms with Crippen LogP contribution in [0.4, 0.5) is 4.79 Å². The van der Waals surface area contributed by atoms with E-state index in [9.17, 15) is 9.59 Å². The zero-order chi connectivity index (χ0) is 19.7. The number of carbonyl (C=O) groups excluding carboxylic acids is 2. The van der Waals surface area contributed by atoms with Gasteiger partial charge in [0.1, 0.15) is 13.2 Å². The highest BCUT2D eigenvalue weighted by atomic mass is 16.6. The van der Waals surface area contributed by atoms with E-state index < -0.39 is 6.03 Å². The monoisotopic (exact) mass is 387 g/mol. The van der Waals surface area contributed by atoms with Gasteiger partial charge in [-0.05, 0) is 49.9 Å². The summed E-state index contributed by atoms with van der Waals surface area (Å²) in [5.74, 6) is 1.36. The summed E-state index contributed by atoms with van der Waals surface area (Å²) >= 11 is 0. The summed E-state index contributed by atoms with van der Waals surface area (Å²) in [6.07, 6.45) is 4.62. The molecule has 0 radical (unpaired) electrons. The van der Waals surface area contributed by atoms with Crippen molar-refractivity contribution in [1.82, 2.24) is 15.5 Å². The molecule has 4 rings (SSSR count). The highest BCUT2D eigenvalue weighted by molar-refractivity contribution is 5.95. The Hall–Kier alpha value is -2.28. The fourth-order valence-corrected chi connectivity index (χ4v) is 4.94. The van der Waals surface area contributed by atoms with Gasteiger partial charge in [0.15, 0.2) is 11.5 Å². The first-order chi connectivity index (χ1) is 13.5. The predicted octanol–water partition coefficient (Wildman–Crippen LogP) is 2.49. The summed E-state index contributed by atoms with van der Waals surface area (Å²) in [5.41, 5.74) is 2.61. The first-order valence-corrected chi connectivity index (χ1v) is 10.3. The van der Waals surface area contributed by atoms with Crippen molar-refractivity contribution in [3.05, 3.63) is 23.3 Å². The highest BCUT2D eigenvalue weighted by Crippen LogP contribution is 2.51. The Morgan fingerprint density at radius 3 is 2.54 bits per heavy atom. The third kappa shape index (κ3) is 3.43. The number of carbonyl (C=O) groups is 2. The van der Waals surface area contributed by atoms with E-state index in [0.717, 1.165) is 30.9 Å². The van der Waals surface area contributed by atoms with E-state index >= 15 is 0 Å². The molecule has 2 heterocycles. The van der Waals surface area contributed by atoms with Crippen LogP contribution in [0.5, 0.6) is 11.5 Å². The number of benzene rings is 1. The van der Waals surface area contributed by atoms with Crippen molar-refractivity contribution in [3.8, 4) is 11.5 Å². The van der Waals surface area contributed by atoms with Crippen molar-refractivity contribution in [2.24, 2.45) is 0 Å². The van der Waals surface area contributed by atoms with Crippen molar-refractivity contribution >= 4 is 11.9 Å². The zero-order valence-electron chi connectivity index (χ0n) is 16.7. The largest absolute Gasteiger partial charge is 0.486 e. The van der Waals surface area contributed by atoms with E-state index in [-0.39, 0.29) is 23.9 Å². The fraction of sp³-hybridized carbons (Fsp3) is 0.619. The molecule has 1 atom stereocenters. The average molecular weight is 387 g/mol. The van der Waals surface area contributed by atoms with Crippen LogP contribution in [0.2, 0.25) is 0 Å². The number of ether oxygens (including phenoxy) is 2. The lowest BCUT2D eigenvalue weighted by molar-refractivity contribution is -0.122. The second-order valence-electron chi connectivity index (χ2n) is 8.06. The van der Waals surface area contributed by atoms with Gasteiger partial charge in [0.2, 0.25) is 5.91 Å². The van der Waals surface area contributed by atoms with E-state index in [0.29, 0.717) is 19.8 Å². The molecule has 0 bridgehead atoms. The molecule has 28 heavy (non-hydrogen) atoms. The third-order valence-corrected chi connectivity index (χ3v) is 6.29. The Labute approximate surface area is 165 Å². The van der Waals surface area contributed by atoms with Crippen LogP contribution in [0.15, 0.2) is 12.1 Å². The minimum atomic E-state index is -0.437. The Balaban J connectivity index is 1.62. The van der Waals surface area contributed by atoms with E-state index in [1.165, 1.54) is 24.0 Å². The quantitative estimate of drug-likeness (QED) is 0.833. The molecule has 7 nitrogen and oxygen atoms in total. The molecular weight excluding hydrogens is 358 g/mol. The molecule has 3 aliphatic rings. The van der Waals surface area contributed by atoms with Crippen LogP contribution in [0.1, 0.15) is 56.7 Å². The van der Waals surface area contributed by atoms with Gasteiger partial charge in [0.25, 0.3) is 0 Å². The van der Waals surface area contributed by atoms with Crippen LogP contribution < -0.4 is 20.1 Å². The number of nitrogens with one attached hydrogen (secondary N) is 2. The maximum Gasteiger partial charge on any atom is 0.321 e. The molecule has 0 saturated heterocycles. The van der Waals surface area contributed by atoms with Crippen LogP contribution >= 0.6 is 0 Å². The number of hydrogen-bond donors (Lipinski definition) is 2. The molecule has 0 aromatic heterocycles. The van der Waals surface area contributed by atoms with Crippen LogP contribution in [-0.2, 0) is 10.2 Å². The van der Waals surface area contributed by atoms with Crippen molar-refractivity contribution < 1.29 is 19.1 Å². The van der Waals surface area contributed by atoms with E-state index in [4.69, 9.17) is 9.47 Å². The fourth-order valence-electron chi connectivity index (χ4n) is 4.94. The first kappa shape index (κ1) is 19.1. The van der Waals surface area contributed by atoms with Gasteiger partial charge >= 0.3 is 6.03 Å². The Morgan fingerprint density at radius 2 is 1.86 bits per heavy atom. The summed E-state index contributed by atoms with van der Waals surface area (Å²) < 4.78 is 11.6. The maximum atomic E-state index is 12.4. The molecule has 1 aromatic carbocycles. The lowest BCUT2D eigenvalue weighted by atomic mass is 9.71. The molecule has 2 N–H and O–H groups in total. The number of nitrogens with zero attached hydrogens (tertiary/aromatic N) is 1. The van der Waals surface area contributed by atoms with Crippen LogP contribution in [0.25, 0.3) is 0 Å². The van der Waals surface area contributed by atoms with Crippen molar-refractivity contribution in [1.29, 1.82) is 0 Å². The average Bonchev–Trinajstić information content (AvgIpc) is 3.14. The zero-order valence-corrected chi connectivity index (χ0v) is 16.7. The van der Waals surface area contributed by atoms with Gasteiger partial charge in [-0.1, -0.05) is 12.8 Å². The molecule has 2 aliphatic heterocycles. The molecule has 1 spiro atoms. The van der Waals surface area contributed by atoms with Gasteiger partial charge in [-0.15, -0.1) is 0 Å². The van der Waals surface area contributed by atoms with Crippen LogP contribution in [-0.4, -0.2) is 49.7 Å². The Kier molecular flexibility index (Phi) is 5.19. The van der Waals surface area contributed by atoms with Crippen LogP contribution in [0, 0.1) is 0 Å². The highest BCUT2D eigenvalue weighted by Gasteiger charge is 2.45. The van der Waals surface area contributed by atoms with Crippen molar-refractivity contribution in [3.63, 3.8) is 0 Å². The number of hydrogen-bond acceptors (Lipinski definition) is 5. The third-order valence-electron chi connectivity index (χ3n) is 6.29. The summed E-state index contributed by atoms with van der Waals surface area (Å²) in [6.45, 7) is 6.60.